The van der Waals surface area contributed by atoms with Crippen molar-refractivity contribution in [3.05, 3.63) is 23.8 Å². The van der Waals surface area contributed by atoms with E-state index in [0.29, 0.717) is 18.3 Å². The highest BCUT2D eigenvalue weighted by Crippen LogP contribution is 2.30. The first-order valence-corrected chi connectivity index (χ1v) is 6.60. The van der Waals surface area contributed by atoms with Gasteiger partial charge in [0.15, 0.2) is 0 Å². The monoisotopic (exact) mass is 272 g/mol. The molecule has 1 N–H and O–H groups in total. The van der Waals surface area contributed by atoms with E-state index in [-0.39, 0.29) is 0 Å². The van der Waals surface area contributed by atoms with Crippen LogP contribution in [0.1, 0.15) is 25.8 Å². The van der Waals surface area contributed by atoms with Gasteiger partial charge in [-0.05, 0) is 50.5 Å². The van der Waals surface area contributed by atoms with Gasteiger partial charge in [0.2, 0.25) is 0 Å². The lowest BCUT2D eigenvalue weighted by molar-refractivity contribution is -0.119. The first-order chi connectivity index (χ1) is 8.89. The molecule has 106 valence electrons. The topological polar surface area (TPSA) is 15.3 Å². The zero-order chi connectivity index (χ0) is 14.0. The molecule has 0 aromatic heterocycles. The van der Waals surface area contributed by atoms with Crippen LogP contribution in [-0.2, 0) is 6.42 Å². The van der Waals surface area contributed by atoms with Crippen LogP contribution in [-0.4, -0.2) is 25.3 Å². The molecule has 1 aromatic carbocycles. The normalized spacial score (nSPS) is 18.7. The van der Waals surface area contributed by atoms with Crippen LogP contribution in [0.2, 0.25) is 0 Å². The van der Waals surface area contributed by atoms with Crippen LogP contribution in [0, 0.1) is 0 Å². The number of fused-ring (bicyclic) bond motifs is 1. The zero-order valence-corrected chi connectivity index (χ0v) is 11.2. The molecule has 1 unspecified atom stereocenters. The first kappa shape index (κ1) is 14.0. The maximum Gasteiger partial charge on any atom is 0.405 e. The molecule has 1 aliphatic heterocycles. The van der Waals surface area contributed by atoms with Crippen LogP contribution in [0.3, 0.4) is 0 Å². The minimum absolute atomic E-state index is 0.349. The summed E-state index contributed by atoms with van der Waals surface area (Å²) < 4.78 is 37.5. The second-order valence-electron chi connectivity index (χ2n) is 5.05. The van der Waals surface area contributed by atoms with Gasteiger partial charge in [-0.15, -0.1) is 0 Å². The van der Waals surface area contributed by atoms with E-state index in [2.05, 4.69) is 12.2 Å². The molecule has 0 saturated heterocycles. The quantitative estimate of drug-likeness (QED) is 0.899. The number of hydrogen-bond donors (Lipinski definition) is 1. The average Bonchev–Trinajstić information content (AvgIpc) is 2.34. The Labute approximate surface area is 111 Å². The number of nitrogens with zero attached hydrogens (tertiary/aromatic N) is 1. The molecule has 0 spiro atoms. The second kappa shape index (κ2) is 5.31. The van der Waals surface area contributed by atoms with Gasteiger partial charge in [-0.3, -0.25) is 0 Å². The number of hydrogen-bond acceptors (Lipinski definition) is 2. The van der Waals surface area contributed by atoms with Crippen LogP contribution >= 0.6 is 0 Å². The Morgan fingerprint density at radius 1 is 1.37 bits per heavy atom. The molecule has 2 nitrogen and oxygen atoms in total. The van der Waals surface area contributed by atoms with Gasteiger partial charge >= 0.3 is 6.18 Å². The Hall–Kier alpha value is -1.39. The molecule has 0 aliphatic carbocycles. The summed E-state index contributed by atoms with van der Waals surface area (Å²) in [4.78, 5) is 1.36. The molecule has 1 heterocycles. The highest BCUT2D eigenvalue weighted by molar-refractivity contribution is 5.62. The third kappa shape index (κ3) is 3.55. The highest BCUT2D eigenvalue weighted by atomic mass is 19.4. The summed E-state index contributed by atoms with van der Waals surface area (Å²) >= 11 is 0. The van der Waals surface area contributed by atoms with Crippen LogP contribution in [0.5, 0.6) is 0 Å². The Morgan fingerprint density at radius 3 is 2.74 bits per heavy atom. The van der Waals surface area contributed by atoms with Gasteiger partial charge in [0.1, 0.15) is 6.54 Å². The van der Waals surface area contributed by atoms with Crippen LogP contribution in [0.15, 0.2) is 18.2 Å². The third-order valence-electron chi connectivity index (χ3n) is 3.45. The fourth-order valence-corrected chi connectivity index (χ4v) is 2.44. The molecule has 0 fully saturated rings. The number of halogens is 3. The number of anilines is 2. The predicted molar refractivity (Wildman–Crippen MR) is 71.8 cm³/mol. The van der Waals surface area contributed by atoms with Crippen LogP contribution < -0.4 is 10.2 Å². The van der Waals surface area contributed by atoms with Crippen molar-refractivity contribution in [1.82, 2.24) is 0 Å². The van der Waals surface area contributed by atoms with Gasteiger partial charge in [0.05, 0.1) is 0 Å². The van der Waals surface area contributed by atoms with E-state index in [0.717, 1.165) is 24.1 Å². The molecule has 0 saturated carbocycles. The summed E-state index contributed by atoms with van der Waals surface area (Å²) in [7, 11) is 0. The fraction of sp³-hybridized carbons (Fsp3) is 0.571. The van der Waals surface area contributed by atoms with Crippen molar-refractivity contribution < 1.29 is 13.2 Å². The Bertz CT molecular complexity index is 443. The largest absolute Gasteiger partial charge is 0.405 e. The third-order valence-corrected chi connectivity index (χ3v) is 3.45. The van der Waals surface area contributed by atoms with Gasteiger partial charge in [0.25, 0.3) is 0 Å². The van der Waals surface area contributed by atoms with Gasteiger partial charge in [-0.2, -0.15) is 13.2 Å². The minimum atomic E-state index is -4.17. The van der Waals surface area contributed by atoms with E-state index in [1.165, 1.54) is 4.90 Å². The summed E-state index contributed by atoms with van der Waals surface area (Å²) in [6.45, 7) is 3.30. The van der Waals surface area contributed by atoms with E-state index in [9.17, 15) is 13.2 Å². The molecule has 1 atom stereocenters. The molecule has 2 rings (SSSR count). The lowest BCUT2D eigenvalue weighted by Crippen LogP contribution is -2.34. The smallest absolute Gasteiger partial charge is 0.382 e. The fourth-order valence-electron chi connectivity index (χ4n) is 2.44. The molecular weight excluding hydrogens is 253 g/mol. The Morgan fingerprint density at radius 2 is 2.11 bits per heavy atom. The first-order valence-electron chi connectivity index (χ1n) is 6.60. The lowest BCUT2D eigenvalue weighted by atomic mass is 9.98. The van der Waals surface area contributed by atoms with E-state index >= 15 is 0 Å². The summed E-state index contributed by atoms with van der Waals surface area (Å²) in [5.74, 6) is 0. The van der Waals surface area contributed by atoms with Gasteiger partial charge in [-0.1, -0.05) is 0 Å². The van der Waals surface area contributed by atoms with Crippen molar-refractivity contribution >= 4 is 11.4 Å². The maximum absolute atomic E-state index is 12.5. The summed E-state index contributed by atoms with van der Waals surface area (Å²) in [5.41, 5.74) is 2.80. The van der Waals surface area contributed by atoms with Crippen molar-refractivity contribution in [2.45, 2.75) is 38.9 Å². The molecule has 1 aliphatic rings. The van der Waals surface area contributed by atoms with Crippen LogP contribution in [0.25, 0.3) is 0 Å². The summed E-state index contributed by atoms with van der Waals surface area (Å²) in [6, 6.07) is 5.96. The SMILES string of the molecule is CCN(CC(F)(F)F)c1ccc2c(c1)CCC(C)N2. The number of rotatable bonds is 3. The Balaban J connectivity index is 2.20. The van der Waals surface area contributed by atoms with Gasteiger partial charge in [-0.25, -0.2) is 0 Å². The minimum Gasteiger partial charge on any atom is -0.382 e. The lowest BCUT2D eigenvalue weighted by Gasteiger charge is -2.28. The van der Waals surface area contributed by atoms with Crippen molar-refractivity contribution in [3.8, 4) is 0 Å². The average molecular weight is 272 g/mol. The molecule has 1 aromatic rings. The van der Waals surface area contributed by atoms with E-state index in [1.807, 2.05) is 12.1 Å². The highest BCUT2D eigenvalue weighted by Gasteiger charge is 2.30. The molecule has 0 radical (unpaired) electrons. The number of alkyl halides is 3. The molecule has 0 amide bonds. The zero-order valence-electron chi connectivity index (χ0n) is 11.2. The van der Waals surface area contributed by atoms with E-state index < -0.39 is 12.7 Å². The van der Waals surface area contributed by atoms with Gasteiger partial charge < -0.3 is 10.2 Å². The molecule has 19 heavy (non-hydrogen) atoms. The van der Waals surface area contributed by atoms with Crippen molar-refractivity contribution in [1.29, 1.82) is 0 Å². The van der Waals surface area contributed by atoms with Crippen molar-refractivity contribution in [2.75, 3.05) is 23.3 Å². The number of nitrogens with one attached hydrogen (secondary N) is 1. The van der Waals surface area contributed by atoms with E-state index in [1.54, 1.807) is 13.0 Å². The predicted octanol–water partition coefficient (Wildman–Crippen LogP) is 3.82. The summed E-state index contributed by atoms with van der Waals surface area (Å²) in [6.07, 6.45) is -2.23. The van der Waals surface area contributed by atoms with Crippen molar-refractivity contribution in [2.24, 2.45) is 0 Å². The maximum atomic E-state index is 12.5. The second-order valence-corrected chi connectivity index (χ2v) is 5.05. The molecule has 5 heteroatoms. The standard InChI is InChI=1S/C14H19F3N2/c1-3-19(9-14(15,16)17)12-6-7-13-11(8-12)5-4-10(2)18-13/h6-8,10,18H,3-5,9H2,1-2H3. The van der Waals surface area contributed by atoms with Crippen LogP contribution in [0.4, 0.5) is 24.5 Å². The number of aryl methyl sites for hydroxylation is 1. The molecular formula is C14H19F3N2. The van der Waals surface area contributed by atoms with Gasteiger partial charge in [0, 0.05) is 24.0 Å². The van der Waals surface area contributed by atoms with Crippen molar-refractivity contribution in [3.63, 3.8) is 0 Å². The Kier molecular flexibility index (Phi) is 3.92. The molecule has 0 bridgehead atoms. The number of benzene rings is 1. The van der Waals surface area contributed by atoms with E-state index in [4.69, 9.17) is 0 Å². The summed E-state index contributed by atoms with van der Waals surface area (Å²) in [5, 5.41) is 3.35.